The van der Waals surface area contributed by atoms with Crippen LogP contribution in [-0.2, 0) is 9.59 Å². The lowest BCUT2D eigenvalue weighted by Gasteiger charge is -2.14. The van der Waals surface area contributed by atoms with E-state index in [2.05, 4.69) is 15.6 Å². The van der Waals surface area contributed by atoms with E-state index in [1.807, 2.05) is 25.1 Å². The first-order valence-electron chi connectivity index (χ1n) is 10.9. The summed E-state index contributed by atoms with van der Waals surface area (Å²) in [4.78, 5) is 29.4. The number of amidine groups is 1. The number of nitrogens with one attached hydrogen (secondary N) is 2. The highest BCUT2D eigenvalue weighted by Crippen LogP contribution is 2.38. The highest BCUT2D eigenvalue weighted by Gasteiger charge is 2.24. The molecule has 7 nitrogen and oxygen atoms in total. The van der Waals surface area contributed by atoms with E-state index >= 15 is 0 Å². The summed E-state index contributed by atoms with van der Waals surface area (Å²) in [5, 5.41) is 6.02. The van der Waals surface area contributed by atoms with Gasteiger partial charge in [-0.15, -0.1) is 0 Å². The summed E-state index contributed by atoms with van der Waals surface area (Å²) in [7, 11) is 0. The molecule has 2 N–H and O–H groups in total. The first-order valence-corrected chi connectivity index (χ1v) is 12.1. The molecule has 2 amide bonds. The fourth-order valence-corrected chi connectivity index (χ4v) is 4.31. The molecule has 0 aliphatic carbocycles. The highest BCUT2D eigenvalue weighted by molar-refractivity contribution is 8.18. The number of amides is 2. The van der Waals surface area contributed by atoms with E-state index in [0.29, 0.717) is 39.4 Å². The Morgan fingerprint density at radius 3 is 2.61 bits per heavy atom. The second kappa shape index (κ2) is 11.7. The van der Waals surface area contributed by atoms with Crippen LogP contribution >= 0.6 is 23.4 Å². The Bertz CT molecular complexity index is 1330. The lowest BCUT2D eigenvalue weighted by atomic mass is 10.2. The van der Waals surface area contributed by atoms with Crippen LogP contribution in [0.25, 0.3) is 6.08 Å². The molecule has 184 valence electrons. The number of anilines is 1. The van der Waals surface area contributed by atoms with Crippen LogP contribution in [0.4, 0.5) is 15.8 Å². The number of nitrogens with zero attached hydrogens (tertiary/aromatic N) is 1. The smallest absolute Gasteiger partial charge is 0.264 e. The van der Waals surface area contributed by atoms with Crippen LogP contribution in [0.3, 0.4) is 0 Å². The fourth-order valence-electron chi connectivity index (χ4n) is 3.20. The van der Waals surface area contributed by atoms with Crippen molar-refractivity contribution >= 4 is 57.8 Å². The van der Waals surface area contributed by atoms with Crippen molar-refractivity contribution in [1.29, 1.82) is 0 Å². The minimum Gasteiger partial charge on any atom is -0.490 e. The molecule has 36 heavy (non-hydrogen) atoms. The van der Waals surface area contributed by atoms with Crippen molar-refractivity contribution in [1.82, 2.24) is 5.32 Å². The quantitative estimate of drug-likeness (QED) is 0.363. The van der Waals surface area contributed by atoms with Crippen molar-refractivity contribution in [2.24, 2.45) is 4.99 Å². The number of aliphatic imine (C=N–C) groups is 1. The molecule has 0 unspecified atom stereocenters. The second-order valence-corrected chi connectivity index (χ2v) is 8.86. The number of halogens is 2. The normalized spacial score (nSPS) is 15.1. The molecule has 3 aromatic rings. The number of hydrogen-bond acceptors (Lipinski definition) is 6. The average Bonchev–Trinajstić information content (AvgIpc) is 3.19. The number of para-hydroxylation sites is 1. The zero-order chi connectivity index (χ0) is 25.5. The van der Waals surface area contributed by atoms with Crippen molar-refractivity contribution in [3.63, 3.8) is 0 Å². The maximum Gasteiger partial charge on any atom is 0.264 e. The van der Waals surface area contributed by atoms with Crippen LogP contribution in [0.2, 0.25) is 5.02 Å². The molecule has 4 rings (SSSR count). The van der Waals surface area contributed by atoms with Gasteiger partial charge >= 0.3 is 0 Å². The van der Waals surface area contributed by atoms with E-state index in [9.17, 15) is 14.0 Å². The third-order valence-electron chi connectivity index (χ3n) is 4.74. The minimum atomic E-state index is -0.367. The third kappa shape index (κ3) is 6.65. The molecule has 0 radical (unpaired) electrons. The number of carbonyl (C=O) groups is 2. The molecule has 10 heteroatoms. The van der Waals surface area contributed by atoms with E-state index < -0.39 is 0 Å². The summed E-state index contributed by atoms with van der Waals surface area (Å²) in [5.41, 5.74) is 1.77. The summed E-state index contributed by atoms with van der Waals surface area (Å²) in [5.74, 6) is -0.474. The van der Waals surface area contributed by atoms with Gasteiger partial charge in [-0.05, 0) is 78.9 Å². The van der Waals surface area contributed by atoms with Gasteiger partial charge in [0.05, 0.1) is 22.2 Å². The van der Waals surface area contributed by atoms with Gasteiger partial charge in [-0.1, -0.05) is 29.8 Å². The minimum absolute atomic E-state index is 0.226. The monoisotopic (exact) mass is 525 g/mol. The first kappa shape index (κ1) is 25.3. The fraction of sp³-hybridized carbons (Fsp3) is 0.115. The Balaban J connectivity index is 1.49. The summed E-state index contributed by atoms with van der Waals surface area (Å²) in [6.07, 6.45) is 1.65. The van der Waals surface area contributed by atoms with E-state index in [4.69, 9.17) is 21.1 Å². The van der Waals surface area contributed by atoms with Crippen LogP contribution in [0.15, 0.2) is 76.6 Å². The van der Waals surface area contributed by atoms with Crippen LogP contribution < -0.4 is 20.1 Å². The SMILES string of the molecule is CCOc1cc(/C=C2/SC(=Nc3ccc(F)cc3)NC2=O)cc(Cl)c1OCC(=O)Nc1ccccc1. The topological polar surface area (TPSA) is 89.0 Å². The Morgan fingerprint density at radius 2 is 1.89 bits per heavy atom. The molecule has 0 bridgehead atoms. The van der Waals surface area contributed by atoms with E-state index in [-0.39, 0.29) is 35.0 Å². The standard InChI is InChI=1S/C26H21ClFN3O4S/c1-2-34-21-13-16(12-20(27)24(21)35-15-23(32)29-18-6-4-3-5-7-18)14-22-25(33)31-26(36-22)30-19-10-8-17(28)9-11-19/h3-14H,2,15H2,1H3,(H,29,32)(H,30,31,33)/b22-14+. The van der Waals surface area contributed by atoms with Crippen LogP contribution in [0.5, 0.6) is 11.5 Å². The summed E-state index contributed by atoms with van der Waals surface area (Å²) in [6.45, 7) is 1.88. The molecule has 3 aromatic carbocycles. The van der Waals surface area contributed by atoms with Gasteiger partial charge in [0.1, 0.15) is 5.82 Å². The predicted molar refractivity (Wildman–Crippen MR) is 140 cm³/mol. The molecule has 0 saturated carbocycles. The molecule has 0 aromatic heterocycles. The summed E-state index contributed by atoms with van der Waals surface area (Å²) < 4.78 is 24.5. The first-order chi connectivity index (χ1) is 17.4. The van der Waals surface area contributed by atoms with Gasteiger partial charge in [0.2, 0.25) is 0 Å². The zero-order valence-electron chi connectivity index (χ0n) is 19.1. The highest BCUT2D eigenvalue weighted by atomic mass is 35.5. The summed E-state index contributed by atoms with van der Waals surface area (Å²) >= 11 is 7.60. The summed E-state index contributed by atoms with van der Waals surface area (Å²) in [6, 6.07) is 17.9. The number of hydrogen-bond donors (Lipinski definition) is 2. The van der Waals surface area contributed by atoms with Gasteiger partial charge in [-0.3, -0.25) is 9.59 Å². The zero-order valence-corrected chi connectivity index (χ0v) is 20.7. The largest absolute Gasteiger partial charge is 0.490 e. The van der Waals surface area contributed by atoms with Gasteiger partial charge in [-0.2, -0.15) is 0 Å². The maximum atomic E-state index is 13.1. The number of ether oxygens (including phenoxy) is 2. The van der Waals surface area contributed by atoms with Crippen molar-refractivity contribution in [2.45, 2.75) is 6.92 Å². The van der Waals surface area contributed by atoms with Crippen LogP contribution in [0.1, 0.15) is 12.5 Å². The Kier molecular flexibility index (Phi) is 8.24. The lowest BCUT2D eigenvalue weighted by Crippen LogP contribution is -2.20. The third-order valence-corrected chi connectivity index (χ3v) is 5.93. The number of carbonyl (C=O) groups excluding carboxylic acids is 2. The van der Waals surface area contributed by atoms with Crippen molar-refractivity contribution in [3.05, 3.63) is 88.0 Å². The van der Waals surface area contributed by atoms with Gasteiger partial charge < -0.3 is 20.1 Å². The second-order valence-electron chi connectivity index (χ2n) is 7.42. The lowest BCUT2D eigenvalue weighted by molar-refractivity contribution is -0.118. The molecule has 0 atom stereocenters. The van der Waals surface area contributed by atoms with Crippen LogP contribution in [0, 0.1) is 5.82 Å². The molecule has 1 heterocycles. The number of thioether (sulfide) groups is 1. The molecular weight excluding hydrogens is 505 g/mol. The maximum absolute atomic E-state index is 13.1. The molecule has 0 spiro atoms. The van der Waals surface area contributed by atoms with Crippen molar-refractivity contribution in [3.8, 4) is 11.5 Å². The van der Waals surface area contributed by atoms with Gasteiger partial charge in [0.15, 0.2) is 23.3 Å². The van der Waals surface area contributed by atoms with Gasteiger partial charge in [0, 0.05) is 5.69 Å². The number of benzene rings is 3. The number of rotatable bonds is 8. The van der Waals surface area contributed by atoms with Gasteiger partial charge in [-0.25, -0.2) is 9.38 Å². The molecule has 1 aliphatic rings. The van der Waals surface area contributed by atoms with Crippen molar-refractivity contribution < 1.29 is 23.5 Å². The Morgan fingerprint density at radius 1 is 1.14 bits per heavy atom. The van der Waals surface area contributed by atoms with E-state index in [1.165, 1.54) is 24.3 Å². The van der Waals surface area contributed by atoms with E-state index in [0.717, 1.165) is 11.8 Å². The Hall–Kier alpha value is -3.82. The van der Waals surface area contributed by atoms with Gasteiger partial charge in [0.25, 0.3) is 11.8 Å². The van der Waals surface area contributed by atoms with Crippen LogP contribution in [-0.4, -0.2) is 30.2 Å². The Labute approximate surface area is 216 Å². The average molecular weight is 526 g/mol. The predicted octanol–water partition coefficient (Wildman–Crippen LogP) is 5.79. The molecule has 1 fully saturated rings. The molecule has 1 aliphatic heterocycles. The molecular formula is C26H21ClFN3O4S. The molecule has 1 saturated heterocycles. The van der Waals surface area contributed by atoms with E-state index in [1.54, 1.807) is 30.3 Å². The van der Waals surface area contributed by atoms with Crippen molar-refractivity contribution in [2.75, 3.05) is 18.5 Å².